The molecule has 4 bridgehead atoms. The van der Waals surface area contributed by atoms with Gasteiger partial charge in [-0.05, 0) is 67.6 Å². The van der Waals surface area contributed by atoms with Crippen molar-refractivity contribution in [2.45, 2.75) is 133 Å². The average Bonchev–Trinajstić information content (AvgIpc) is 3.02. The van der Waals surface area contributed by atoms with Crippen molar-refractivity contribution in [1.82, 2.24) is 5.32 Å². The highest BCUT2D eigenvalue weighted by molar-refractivity contribution is 5.77. The average molecular weight is 646 g/mol. The molecule has 2 aliphatic heterocycles. The van der Waals surface area contributed by atoms with Gasteiger partial charge in [0.05, 0.1) is 44.7 Å². The van der Waals surface area contributed by atoms with Gasteiger partial charge in [-0.25, -0.2) is 0 Å². The molecule has 4 saturated carbocycles. The molecule has 2 heterocycles. The Morgan fingerprint density at radius 2 is 1.33 bits per heavy atom. The molecule has 2 saturated heterocycles. The third-order valence-electron chi connectivity index (χ3n) is 11.6. The topological polar surface area (TPSA) is 208 Å². The van der Waals surface area contributed by atoms with Crippen LogP contribution >= 0.6 is 0 Å². The number of aliphatic hydroxyl groups is 7. The zero-order chi connectivity index (χ0) is 32.5. The molecular formula is C32H55NO12. The van der Waals surface area contributed by atoms with Gasteiger partial charge in [-0.3, -0.25) is 4.79 Å². The fourth-order valence-electron chi connectivity index (χ4n) is 9.17. The molecule has 13 nitrogen and oxygen atoms in total. The van der Waals surface area contributed by atoms with Gasteiger partial charge >= 0.3 is 0 Å². The molecular weight excluding hydrogens is 590 g/mol. The Balaban J connectivity index is 1.28. The summed E-state index contributed by atoms with van der Waals surface area (Å²) in [6.45, 7) is 2.40. The lowest BCUT2D eigenvalue weighted by Gasteiger charge is -2.61. The minimum atomic E-state index is -1.62. The first-order chi connectivity index (χ1) is 21.5. The lowest BCUT2D eigenvalue weighted by Crippen LogP contribution is -2.60. The molecule has 13 heteroatoms. The Kier molecular flexibility index (Phi) is 11.8. The van der Waals surface area contributed by atoms with Gasteiger partial charge in [-0.1, -0.05) is 26.7 Å². The maximum absolute atomic E-state index is 13.9. The Labute approximate surface area is 265 Å². The van der Waals surface area contributed by atoms with E-state index in [2.05, 4.69) is 12.2 Å². The zero-order valence-corrected chi connectivity index (χ0v) is 26.5. The number of nitrogens with one attached hydrogen (secondary N) is 1. The molecule has 0 aromatic carbocycles. The Bertz CT molecular complexity index is 898. The number of carbonyl (C=O) groups excluding carboxylic acids is 1. The molecule has 260 valence electrons. The summed E-state index contributed by atoms with van der Waals surface area (Å²) in [5, 5.41) is 74.2. The van der Waals surface area contributed by atoms with Crippen molar-refractivity contribution in [3.8, 4) is 0 Å². The largest absolute Gasteiger partial charge is 0.394 e. The lowest BCUT2D eigenvalue weighted by atomic mass is 9.43. The van der Waals surface area contributed by atoms with E-state index in [0.29, 0.717) is 18.3 Å². The second-order valence-corrected chi connectivity index (χ2v) is 14.5. The van der Waals surface area contributed by atoms with Crippen molar-refractivity contribution in [1.29, 1.82) is 0 Å². The Morgan fingerprint density at radius 1 is 0.800 bits per heavy atom. The standard InChI is InChI=1S/C32H55NO12/c1-3-4-5-32(19-7-17-6-18(9-19)10-20(32)8-17)11-24(36)33-21(14-42-30-28(40)25(37)16(2)22(12-34)44-30)15-43-31-29(41)27(39)26(38)23(13-35)45-31/h16-23,25-31,34-35,37-41H,3-15H2,1-2H3,(H,33,36)/t16-,17?,18?,19?,20?,21?,22?,23?,25?,26-,27?,28+,29+,30+,31+,32?/m1/s1. The van der Waals surface area contributed by atoms with Crippen LogP contribution in [0.2, 0.25) is 0 Å². The van der Waals surface area contributed by atoms with Crippen molar-refractivity contribution >= 4 is 5.91 Å². The molecule has 0 spiro atoms. The third kappa shape index (κ3) is 7.39. The van der Waals surface area contributed by atoms with Crippen LogP contribution in [-0.2, 0) is 23.7 Å². The molecule has 0 radical (unpaired) electrons. The van der Waals surface area contributed by atoms with Crippen LogP contribution in [0.5, 0.6) is 0 Å². The van der Waals surface area contributed by atoms with E-state index in [1.54, 1.807) is 6.92 Å². The first-order valence-corrected chi connectivity index (χ1v) is 17.0. The highest BCUT2D eigenvalue weighted by Crippen LogP contribution is 2.65. The van der Waals surface area contributed by atoms with Crippen LogP contribution in [0.25, 0.3) is 0 Å². The van der Waals surface area contributed by atoms with Crippen molar-refractivity contribution in [2.75, 3.05) is 26.4 Å². The predicted octanol–water partition coefficient (Wildman–Crippen LogP) is -0.598. The molecule has 6 fully saturated rings. The number of hydrogen-bond donors (Lipinski definition) is 8. The van der Waals surface area contributed by atoms with E-state index in [1.165, 1.54) is 32.1 Å². The first kappa shape index (κ1) is 35.3. The van der Waals surface area contributed by atoms with E-state index in [9.17, 15) is 40.5 Å². The smallest absolute Gasteiger partial charge is 0.220 e. The number of ether oxygens (including phenoxy) is 4. The van der Waals surface area contributed by atoms with Gasteiger partial charge in [0.2, 0.25) is 5.91 Å². The third-order valence-corrected chi connectivity index (χ3v) is 11.6. The minimum absolute atomic E-state index is 0.0612. The SMILES string of the molecule is CCCCC1(CC(=O)NC(CO[C@H]2OC(CO)[C@@H](C)C(O)[C@@H]2O)CO[C@H]2OC(CO)[C@@H](O)C(O)[C@@H]2O)C2CC3CC(C2)CC1C3. The summed E-state index contributed by atoms with van der Waals surface area (Å²) in [5.74, 6) is 1.89. The molecule has 0 aromatic heterocycles. The monoisotopic (exact) mass is 645 g/mol. The molecule has 6 aliphatic rings. The van der Waals surface area contributed by atoms with Crippen LogP contribution in [0.4, 0.5) is 0 Å². The van der Waals surface area contributed by atoms with Crippen molar-refractivity contribution in [3.05, 3.63) is 0 Å². The zero-order valence-electron chi connectivity index (χ0n) is 26.5. The summed E-state index contributed by atoms with van der Waals surface area (Å²) in [6, 6.07) is -0.815. The summed E-state index contributed by atoms with van der Waals surface area (Å²) in [6.07, 6.45) is -2.42. The maximum Gasteiger partial charge on any atom is 0.220 e. The van der Waals surface area contributed by atoms with Gasteiger partial charge in [0, 0.05) is 12.3 Å². The quantitative estimate of drug-likeness (QED) is 0.119. The van der Waals surface area contributed by atoms with Crippen LogP contribution < -0.4 is 5.32 Å². The summed E-state index contributed by atoms with van der Waals surface area (Å²) >= 11 is 0. The summed E-state index contributed by atoms with van der Waals surface area (Å²) in [5.41, 5.74) is -0.0612. The Morgan fingerprint density at radius 3 is 1.87 bits per heavy atom. The summed E-state index contributed by atoms with van der Waals surface area (Å²) < 4.78 is 22.8. The first-order valence-electron chi connectivity index (χ1n) is 17.0. The molecule has 1 amide bonds. The predicted molar refractivity (Wildman–Crippen MR) is 158 cm³/mol. The van der Waals surface area contributed by atoms with Crippen molar-refractivity contribution in [2.24, 2.45) is 35.0 Å². The van der Waals surface area contributed by atoms with E-state index < -0.39 is 73.9 Å². The van der Waals surface area contributed by atoms with E-state index in [1.807, 2.05) is 0 Å². The van der Waals surface area contributed by atoms with Crippen LogP contribution in [0.15, 0.2) is 0 Å². The molecule has 45 heavy (non-hydrogen) atoms. The number of unbranched alkanes of at least 4 members (excludes halogenated alkanes) is 1. The van der Waals surface area contributed by atoms with Gasteiger partial charge in [0.1, 0.15) is 30.5 Å². The van der Waals surface area contributed by atoms with E-state index in [-0.39, 0.29) is 31.1 Å². The number of aliphatic hydroxyl groups excluding tert-OH is 7. The maximum atomic E-state index is 13.9. The summed E-state index contributed by atoms with van der Waals surface area (Å²) in [4.78, 5) is 13.9. The molecule has 6 rings (SSSR count). The van der Waals surface area contributed by atoms with Crippen LogP contribution in [0, 0.1) is 35.0 Å². The molecule has 0 aromatic rings. The van der Waals surface area contributed by atoms with E-state index in [0.717, 1.165) is 31.1 Å². The number of rotatable bonds is 14. The minimum Gasteiger partial charge on any atom is -0.394 e. The van der Waals surface area contributed by atoms with Crippen molar-refractivity contribution < 1.29 is 59.5 Å². The number of carbonyl (C=O) groups is 1. The second kappa shape index (κ2) is 15.1. The lowest BCUT2D eigenvalue weighted by molar-refractivity contribution is -0.306. The van der Waals surface area contributed by atoms with Gasteiger partial charge in [0.15, 0.2) is 12.6 Å². The molecule has 11 atom stereocenters. The number of hydrogen-bond acceptors (Lipinski definition) is 12. The second-order valence-electron chi connectivity index (χ2n) is 14.5. The van der Waals surface area contributed by atoms with Crippen LogP contribution in [0.3, 0.4) is 0 Å². The molecule has 5 unspecified atom stereocenters. The van der Waals surface area contributed by atoms with Crippen LogP contribution in [-0.4, -0.2) is 129 Å². The normalized spacial score (nSPS) is 46.7. The van der Waals surface area contributed by atoms with Gasteiger partial charge < -0.3 is 60.0 Å². The van der Waals surface area contributed by atoms with Crippen molar-refractivity contribution in [3.63, 3.8) is 0 Å². The Hall–Kier alpha value is -0.970. The highest BCUT2D eigenvalue weighted by atomic mass is 16.7. The fraction of sp³-hybridized carbons (Fsp3) is 0.969. The molecule has 4 aliphatic carbocycles. The molecule has 8 N–H and O–H groups in total. The van der Waals surface area contributed by atoms with E-state index in [4.69, 9.17) is 18.9 Å². The highest BCUT2D eigenvalue weighted by Gasteiger charge is 2.57. The van der Waals surface area contributed by atoms with Gasteiger partial charge in [-0.2, -0.15) is 0 Å². The summed E-state index contributed by atoms with van der Waals surface area (Å²) in [7, 11) is 0. The van der Waals surface area contributed by atoms with E-state index >= 15 is 0 Å². The van der Waals surface area contributed by atoms with Gasteiger partial charge in [0.25, 0.3) is 0 Å². The van der Waals surface area contributed by atoms with Gasteiger partial charge in [-0.15, -0.1) is 0 Å². The fourth-order valence-corrected chi connectivity index (χ4v) is 9.17. The van der Waals surface area contributed by atoms with Crippen LogP contribution in [0.1, 0.15) is 71.6 Å². The number of amides is 1.